The van der Waals surface area contributed by atoms with Crippen LogP contribution in [0.5, 0.6) is 0 Å². The summed E-state index contributed by atoms with van der Waals surface area (Å²) in [6.45, 7) is -0.444. The summed E-state index contributed by atoms with van der Waals surface area (Å²) in [5.41, 5.74) is -6.89. The standard InChI is InChI=1S/C10H13F7O/c1-3-6-4-7(2,9(13,14)15)18-10(16,17)8(6,12)5-11/h6H,3-5H2,1-2H3. The predicted octanol–water partition coefficient (Wildman–Crippen LogP) is 4.02. The third-order valence-corrected chi connectivity index (χ3v) is 3.41. The van der Waals surface area contributed by atoms with E-state index in [0.717, 1.165) is 0 Å². The third-order valence-electron chi connectivity index (χ3n) is 3.41. The van der Waals surface area contributed by atoms with E-state index < -0.39 is 42.6 Å². The first-order chi connectivity index (χ1) is 7.93. The van der Waals surface area contributed by atoms with Gasteiger partial charge in [-0.25, -0.2) is 8.78 Å². The number of alkyl halides is 7. The molecule has 1 fully saturated rings. The molecule has 0 aromatic carbocycles. The first kappa shape index (κ1) is 15.5. The molecule has 0 spiro atoms. The molecule has 108 valence electrons. The highest BCUT2D eigenvalue weighted by molar-refractivity contribution is 5.04. The second-order valence-electron chi connectivity index (χ2n) is 4.65. The summed E-state index contributed by atoms with van der Waals surface area (Å²) in [6, 6.07) is 0. The fraction of sp³-hybridized carbons (Fsp3) is 1.00. The van der Waals surface area contributed by atoms with Crippen molar-refractivity contribution in [3.63, 3.8) is 0 Å². The molecule has 1 aliphatic rings. The minimum absolute atomic E-state index is 0.342. The SMILES string of the molecule is CCC1CC(C)(C(F)(F)F)OC(F)(F)C1(F)CF. The summed E-state index contributed by atoms with van der Waals surface area (Å²) < 4.78 is 94.7. The lowest BCUT2D eigenvalue weighted by molar-refractivity contribution is -0.433. The lowest BCUT2D eigenvalue weighted by Gasteiger charge is -2.49. The molecule has 0 bridgehead atoms. The van der Waals surface area contributed by atoms with Crippen LogP contribution >= 0.6 is 0 Å². The number of hydrogen-bond acceptors (Lipinski definition) is 1. The van der Waals surface area contributed by atoms with Gasteiger partial charge in [-0.15, -0.1) is 0 Å². The van der Waals surface area contributed by atoms with Gasteiger partial charge >= 0.3 is 12.3 Å². The second kappa shape index (κ2) is 4.25. The Kier molecular flexibility index (Phi) is 3.66. The highest BCUT2D eigenvalue weighted by atomic mass is 19.4. The average molecular weight is 282 g/mol. The Morgan fingerprint density at radius 2 is 1.72 bits per heavy atom. The fourth-order valence-corrected chi connectivity index (χ4v) is 2.11. The molecule has 0 saturated carbocycles. The second-order valence-corrected chi connectivity index (χ2v) is 4.65. The Bertz CT molecular complexity index is 316. The predicted molar refractivity (Wildman–Crippen MR) is 48.7 cm³/mol. The normalized spacial score (nSPS) is 40.8. The maximum absolute atomic E-state index is 13.9. The minimum atomic E-state index is -5.08. The van der Waals surface area contributed by atoms with Gasteiger partial charge in [-0.1, -0.05) is 6.92 Å². The van der Waals surface area contributed by atoms with Gasteiger partial charge in [0.15, 0.2) is 5.60 Å². The van der Waals surface area contributed by atoms with Crippen LogP contribution in [-0.4, -0.2) is 30.2 Å². The van der Waals surface area contributed by atoms with Gasteiger partial charge in [0.05, 0.1) is 0 Å². The maximum atomic E-state index is 13.9. The number of rotatable bonds is 2. The molecule has 1 aliphatic heterocycles. The summed E-state index contributed by atoms with van der Waals surface area (Å²) in [5.74, 6) is -1.77. The smallest absolute Gasteiger partial charge is 0.302 e. The van der Waals surface area contributed by atoms with E-state index in [9.17, 15) is 30.7 Å². The van der Waals surface area contributed by atoms with Gasteiger partial charge in [0.2, 0.25) is 5.67 Å². The molecule has 3 atom stereocenters. The van der Waals surface area contributed by atoms with Gasteiger partial charge in [0.25, 0.3) is 0 Å². The molecule has 1 rings (SSSR count). The zero-order chi connectivity index (χ0) is 14.4. The van der Waals surface area contributed by atoms with Crippen LogP contribution in [0.4, 0.5) is 30.7 Å². The van der Waals surface area contributed by atoms with E-state index in [1.807, 2.05) is 0 Å². The lowest BCUT2D eigenvalue weighted by Crippen LogP contribution is -2.66. The van der Waals surface area contributed by atoms with E-state index in [1.165, 1.54) is 6.92 Å². The van der Waals surface area contributed by atoms with Crippen molar-refractivity contribution in [2.24, 2.45) is 5.92 Å². The van der Waals surface area contributed by atoms with Gasteiger partial charge in [-0.3, -0.25) is 0 Å². The summed E-state index contributed by atoms with van der Waals surface area (Å²) in [5, 5.41) is 0. The number of halogens is 7. The Balaban J connectivity index is 3.20. The Hall–Kier alpha value is -0.530. The Morgan fingerprint density at radius 1 is 1.22 bits per heavy atom. The summed E-state index contributed by atoms with van der Waals surface area (Å²) >= 11 is 0. The first-order valence-electron chi connectivity index (χ1n) is 5.33. The first-order valence-corrected chi connectivity index (χ1v) is 5.33. The topological polar surface area (TPSA) is 9.23 Å². The lowest BCUT2D eigenvalue weighted by atomic mass is 9.75. The van der Waals surface area contributed by atoms with Gasteiger partial charge in [0, 0.05) is 5.92 Å². The fourth-order valence-electron chi connectivity index (χ4n) is 2.11. The van der Waals surface area contributed by atoms with Crippen molar-refractivity contribution in [2.45, 2.75) is 50.2 Å². The number of ether oxygens (including phenoxy) is 1. The average Bonchev–Trinajstić information content (AvgIpc) is 2.21. The molecule has 1 saturated heterocycles. The van der Waals surface area contributed by atoms with Crippen molar-refractivity contribution >= 4 is 0 Å². The van der Waals surface area contributed by atoms with Crippen LogP contribution in [0.25, 0.3) is 0 Å². The molecule has 0 radical (unpaired) electrons. The molecule has 0 aliphatic carbocycles. The quantitative estimate of drug-likeness (QED) is 0.695. The number of hydrogen-bond donors (Lipinski definition) is 0. The van der Waals surface area contributed by atoms with Crippen LogP contribution in [-0.2, 0) is 4.74 Å². The summed E-state index contributed by atoms with van der Waals surface area (Å²) in [6.07, 6.45) is -11.3. The van der Waals surface area contributed by atoms with Crippen LogP contribution in [0, 0.1) is 5.92 Å². The molecule has 0 aromatic heterocycles. The molecule has 18 heavy (non-hydrogen) atoms. The van der Waals surface area contributed by atoms with Crippen molar-refractivity contribution in [3.8, 4) is 0 Å². The molecule has 1 heterocycles. The van der Waals surface area contributed by atoms with Crippen molar-refractivity contribution in [2.75, 3.05) is 6.67 Å². The van der Waals surface area contributed by atoms with Crippen molar-refractivity contribution < 1.29 is 35.5 Å². The summed E-state index contributed by atoms with van der Waals surface area (Å²) in [7, 11) is 0. The zero-order valence-electron chi connectivity index (χ0n) is 9.75. The van der Waals surface area contributed by atoms with E-state index in [-0.39, 0.29) is 6.42 Å². The molecule has 3 unspecified atom stereocenters. The Morgan fingerprint density at radius 3 is 2.06 bits per heavy atom. The van der Waals surface area contributed by atoms with Gasteiger partial charge in [-0.2, -0.15) is 22.0 Å². The van der Waals surface area contributed by atoms with Gasteiger partial charge < -0.3 is 4.74 Å². The van der Waals surface area contributed by atoms with Crippen molar-refractivity contribution in [3.05, 3.63) is 0 Å². The van der Waals surface area contributed by atoms with Crippen LogP contribution in [0.1, 0.15) is 26.7 Å². The molecular formula is C10H13F7O. The molecule has 0 N–H and O–H groups in total. The van der Waals surface area contributed by atoms with Crippen molar-refractivity contribution in [1.29, 1.82) is 0 Å². The van der Waals surface area contributed by atoms with E-state index in [4.69, 9.17) is 0 Å². The minimum Gasteiger partial charge on any atom is -0.302 e. The van der Waals surface area contributed by atoms with Gasteiger partial charge in [-0.05, 0) is 19.8 Å². The largest absolute Gasteiger partial charge is 0.417 e. The molecule has 8 heteroatoms. The monoisotopic (exact) mass is 282 g/mol. The third kappa shape index (κ3) is 2.08. The highest BCUT2D eigenvalue weighted by Crippen LogP contribution is 2.55. The summed E-state index contributed by atoms with van der Waals surface area (Å²) in [4.78, 5) is 0. The van der Waals surface area contributed by atoms with Crippen LogP contribution in [0.2, 0.25) is 0 Å². The molecule has 1 nitrogen and oxygen atoms in total. The van der Waals surface area contributed by atoms with E-state index >= 15 is 0 Å². The Labute approximate surface area is 99.3 Å². The molecular weight excluding hydrogens is 269 g/mol. The van der Waals surface area contributed by atoms with Crippen LogP contribution < -0.4 is 0 Å². The molecule has 0 amide bonds. The van der Waals surface area contributed by atoms with Gasteiger partial charge in [0.1, 0.15) is 6.67 Å². The van der Waals surface area contributed by atoms with E-state index in [2.05, 4.69) is 4.74 Å². The van der Waals surface area contributed by atoms with Crippen LogP contribution in [0.15, 0.2) is 0 Å². The zero-order valence-corrected chi connectivity index (χ0v) is 9.75. The van der Waals surface area contributed by atoms with E-state index in [0.29, 0.717) is 6.92 Å². The van der Waals surface area contributed by atoms with Crippen LogP contribution in [0.3, 0.4) is 0 Å². The maximum Gasteiger partial charge on any atom is 0.417 e. The van der Waals surface area contributed by atoms with Crippen molar-refractivity contribution in [1.82, 2.24) is 0 Å². The van der Waals surface area contributed by atoms with E-state index in [1.54, 1.807) is 0 Å². The highest BCUT2D eigenvalue weighted by Gasteiger charge is 2.72. The molecule has 0 aromatic rings.